The second-order valence-electron chi connectivity index (χ2n) is 7.94. The Labute approximate surface area is 164 Å². The predicted molar refractivity (Wildman–Crippen MR) is 105 cm³/mol. The van der Waals surface area contributed by atoms with Crippen molar-refractivity contribution in [3.8, 4) is 0 Å². The molecule has 2 amide bonds. The summed E-state index contributed by atoms with van der Waals surface area (Å²) in [5, 5.41) is 3.15. The van der Waals surface area contributed by atoms with Crippen molar-refractivity contribution >= 4 is 11.8 Å². The normalized spacial score (nSPS) is 18.5. The first-order valence-electron chi connectivity index (χ1n) is 9.95. The number of nitrogens with zero attached hydrogens (tertiary/aromatic N) is 1. The molecule has 1 aliphatic carbocycles. The summed E-state index contributed by atoms with van der Waals surface area (Å²) in [4.78, 5) is 26.9. The predicted octanol–water partition coefficient (Wildman–Crippen LogP) is 3.53. The number of piperidine rings is 1. The summed E-state index contributed by atoms with van der Waals surface area (Å²) in [6, 6.07) is 16.0. The fraction of sp³-hybridized carbons (Fsp3) is 0.391. The third-order valence-electron chi connectivity index (χ3n) is 6.08. The summed E-state index contributed by atoms with van der Waals surface area (Å²) in [7, 11) is 0. The standard InChI is InChI=1S/C23H25FN2O2/c24-20-8-6-18(7-9-20)22(28)26-14-10-17(11-15-26)21(27)25-16-23(12-13-23)19-4-2-1-3-5-19/h1-9,17H,10-16H2,(H,25,27). The number of hydrogen-bond donors (Lipinski definition) is 1. The molecule has 0 spiro atoms. The summed E-state index contributed by atoms with van der Waals surface area (Å²) in [6.07, 6.45) is 3.55. The zero-order valence-corrected chi connectivity index (χ0v) is 15.9. The molecule has 1 saturated carbocycles. The van der Waals surface area contributed by atoms with Crippen molar-refractivity contribution in [1.29, 1.82) is 0 Å². The Hall–Kier alpha value is -2.69. The highest BCUT2D eigenvalue weighted by molar-refractivity contribution is 5.94. The van der Waals surface area contributed by atoms with Crippen molar-refractivity contribution in [1.82, 2.24) is 10.2 Å². The summed E-state index contributed by atoms with van der Waals surface area (Å²) >= 11 is 0. The average Bonchev–Trinajstić information content (AvgIpc) is 3.54. The smallest absolute Gasteiger partial charge is 0.253 e. The van der Waals surface area contributed by atoms with Gasteiger partial charge in [-0.05, 0) is 55.5 Å². The maximum absolute atomic E-state index is 13.0. The van der Waals surface area contributed by atoms with Crippen LogP contribution in [0.2, 0.25) is 0 Å². The summed E-state index contributed by atoms with van der Waals surface area (Å²) in [6.45, 7) is 1.79. The molecule has 2 fully saturated rings. The third kappa shape index (κ3) is 3.93. The van der Waals surface area contributed by atoms with Crippen LogP contribution in [0.15, 0.2) is 54.6 Å². The van der Waals surface area contributed by atoms with Gasteiger partial charge in [0, 0.05) is 36.5 Å². The van der Waals surface area contributed by atoms with E-state index in [0.29, 0.717) is 38.0 Å². The molecule has 28 heavy (non-hydrogen) atoms. The number of carbonyl (C=O) groups excluding carboxylic acids is 2. The molecule has 146 valence electrons. The lowest BCUT2D eigenvalue weighted by molar-refractivity contribution is -0.126. The van der Waals surface area contributed by atoms with E-state index in [9.17, 15) is 14.0 Å². The van der Waals surface area contributed by atoms with Gasteiger partial charge in [0.2, 0.25) is 5.91 Å². The van der Waals surface area contributed by atoms with Gasteiger partial charge in [0.25, 0.3) is 5.91 Å². The lowest BCUT2D eigenvalue weighted by Crippen LogP contribution is -2.44. The lowest BCUT2D eigenvalue weighted by Gasteiger charge is -2.31. The van der Waals surface area contributed by atoms with Crippen LogP contribution in [0, 0.1) is 11.7 Å². The van der Waals surface area contributed by atoms with Crippen LogP contribution < -0.4 is 5.32 Å². The van der Waals surface area contributed by atoms with E-state index in [2.05, 4.69) is 17.4 Å². The van der Waals surface area contributed by atoms with E-state index in [-0.39, 0.29) is 29.0 Å². The third-order valence-corrected chi connectivity index (χ3v) is 6.08. The van der Waals surface area contributed by atoms with E-state index in [1.165, 1.54) is 29.8 Å². The number of benzene rings is 2. The lowest BCUT2D eigenvalue weighted by atomic mass is 9.93. The zero-order valence-electron chi connectivity index (χ0n) is 15.9. The molecule has 0 aromatic heterocycles. The van der Waals surface area contributed by atoms with Crippen LogP contribution in [-0.4, -0.2) is 36.3 Å². The highest BCUT2D eigenvalue weighted by atomic mass is 19.1. The summed E-state index contributed by atoms with van der Waals surface area (Å²) in [5.41, 5.74) is 1.90. The monoisotopic (exact) mass is 380 g/mol. The van der Waals surface area contributed by atoms with Crippen LogP contribution in [-0.2, 0) is 10.2 Å². The summed E-state index contributed by atoms with van der Waals surface area (Å²) < 4.78 is 13.0. The molecule has 0 radical (unpaired) electrons. The maximum Gasteiger partial charge on any atom is 0.253 e. The van der Waals surface area contributed by atoms with Crippen LogP contribution in [0.3, 0.4) is 0 Å². The minimum atomic E-state index is -0.351. The van der Waals surface area contributed by atoms with Crippen molar-refractivity contribution < 1.29 is 14.0 Å². The van der Waals surface area contributed by atoms with Gasteiger partial charge >= 0.3 is 0 Å². The van der Waals surface area contributed by atoms with Gasteiger partial charge in [0.15, 0.2) is 0 Å². The molecule has 1 aliphatic heterocycles. The van der Waals surface area contributed by atoms with Crippen molar-refractivity contribution in [3.05, 3.63) is 71.5 Å². The van der Waals surface area contributed by atoms with E-state index >= 15 is 0 Å². The number of hydrogen-bond acceptors (Lipinski definition) is 2. The second kappa shape index (κ2) is 7.74. The number of amides is 2. The van der Waals surface area contributed by atoms with Crippen molar-refractivity contribution in [2.45, 2.75) is 31.1 Å². The topological polar surface area (TPSA) is 49.4 Å². The molecule has 2 aliphatic rings. The minimum Gasteiger partial charge on any atom is -0.355 e. The highest BCUT2D eigenvalue weighted by Gasteiger charge is 2.44. The molecule has 4 nitrogen and oxygen atoms in total. The van der Waals surface area contributed by atoms with Gasteiger partial charge in [-0.1, -0.05) is 30.3 Å². The molecular formula is C23H25FN2O2. The number of halogens is 1. The van der Waals surface area contributed by atoms with E-state index in [1.54, 1.807) is 4.90 Å². The Bertz CT molecular complexity index is 839. The number of likely N-dealkylation sites (tertiary alicyclic amines) is 1. The largest absolute Gasteiger partial charge is 0.355 e. The van der Waals surface area contributed by atoms with Gasteiger partial charge < -0.3 is 10.2 Å². The first-order valence-corrected chi connectivity index (χ1v) is 9.95. The number of carbonyl (C=O) groups is 2. The quantitative estimate of drug-likeness (QED) is 0.863. The number of nitrogens with one attached hydrogen (secondary N) is 1. The van der Waals surface area contributed by atoms with E-state index in [4.69, 9.17) is 0 Å². The molecule has 4 rings (SSSR count). The molecule has 1 N–H and O–H groups in total. The van der Waals surface area contributed by atoms with Crippen molar-refractivity contribution in [2.75, 3.05) is 19.6 Å². The summed E-state index contributed by atoms with van der Waals surface area (Å²) in [5.74, 6) is -0.407. The maximum atomic E-state index is 13.0. The zero-order chi connectivity index (χ0) is 19.6. The first-order chi connectivity index (χ1) is 13.6. The van der Waals surface area contributed by atoms with Crippen molar-refractivity contribution in [3.63, 3.8) is 0 Å². The van der Waals surface area contributed by atoms with E-state index < -0.39 is 0 Å². The van der Waals surface area contributed by atoms with Crippen LogP contribution >= 0.6 is 0 Å². The Balaban J connectivity index is 1.27. The second-order valence-corrected chi connectivity index (χ2v) is 7.94. The molecule has 0 atom stereocenters. The Morgan fingerprint density at radius 3 is 2.25 bits per heavy atom. The molecule has 0 unspecified atom stereocenters. The molecule has 1 saturated heterocycles. The Morgan fingerprint density at radius 2 is 1.64 bits per heavy atom. The molecule has 2 aromatic carbocycles. The van der Waals surface area contributed by atoms with Crippen LogP contribution in [0.1, 0.15) is 41.6 Å². The molecular weight excluding hydrogens is 355 g/mol. The van der Waals surface area contributed by atoms with Crippen LogP contribution in [0.5, 0.6) is 0 Å². The van der Waals surface area contributed by atoms with Gasteiger partial charge in [0.1, 0.15) is 5.82 Å². The van der Waals surface area contributed by atoms with E-state index in [0.717, 1.165) is 12.8 Å². The molecule has 0 bridgehead atoms. The van der Waals surface area contributed by atoms with Crippen LogP contribution in [0.25, 0.3) is 0 Å². The average molecular weight is 380 g/mol. The van der Waals surface area contributed by atoms with Gasteiger partial charge in [-0.15, -0.1) is 0 Å². The van der Waals surface area contributed by atoms with Crippen LogP contribution in [0.4, 0.5) is 4.39 Å². The van der Waals surface area contributed by atoms with Crippen molar-refractivity contribution in [2.24, 2.45) is 5.92 Å². The fourth-order valence-corrected chi connectivity index (χ4v) is 4.03. The van der Waals surface area contributed by atoms with Gasteiger partial charge in [-0.2, -0.15) is 0 Å². The highest BCUT2D eigenvalue weighted by Crippen LogP contribution is 2.47. The molecule has 1 heterocycles. The Kier molecular flexibility index (Phi) is 5.16. The van der Waals surface area contributed by atoms with E-state index in [1.807, 2.05) is 18.2 Å². The van der Waals surface area contributed by atoms with Gasteiger partial charge in [-0.3, -0.25) is 9.59 Å². The Morgan fingerprint density at radius 1 is 1.00 bits per heavy atom. The molecule has 2 aromatic rings. The SMILES string of the molecule is O=C(NCC1(c2ccccc2)CC1)C1CCN(C(=O)c2ccc(F)cc2)CC1. The fourth-order valence-electron chi connectivity index (χ4n) is 4.03. The first kappa shape index (κ1) is 18.7. The number of rotatable bonds is 5. The van der Waals surface area contributed by atoms with Gasteiger partial charge in [-0.25, -0.2) is 4.39 Å². The van der Waals surface area contributed by atoms with Gasteiger partial charge in [0.05, 0.1) is 0 Å². The molecule has 5 heteroatoms. The minimum absolute atomic E-state index is 0.0520.